The quantitative estimate of drug-likeness (QED) is 0.894. The molecular weight excluding hydrogens is 318 g/mol. The molecule has 1 aromatic heterocycles. The molecule has 0 radical (unpaired) electrons. The van der Waals surface area contributed by atoms with Crippen molar-refractivity contribution < 1.29 is 4.79 Å². The summed E-state index contributed by atoms with van der Waals surface area (Å²) in [6.07, 6.45) is 5.04. The van der Waals surface area contributed by atoms with Crippen molar-refractivity contribution in [2.75, 3.05) is 5.32 Å². The maximum Gasteiger partial charge on any atom is 0.324 e. The van der Waals surface area contributed by atoms with Crippen molar-refractivity contribution in [3.8, 4) is 0 Å². The molecule has 0 aliphatic rings. The number of anilines is 1. The van der Waals surface area contributed by atoms with E-state index in [1.165, 1.54) is 0 Å². The molecule has 2 rings (SSSR count). The fourth-order valence-corrected chi connectivity index (χ4v) is 1.99. The van der Waals surface area contributed by atoms with E-state index in [-0.39, 0.29) is 6.03 Å². The van der Waals surface area contributed by atoms with E-state index in [9.17, 15) is 4.79 Å². The highest BCUT2D eigenvalue weighted by Crippen LogP contribution is 2.16. The lowest BCUT2D eigenvalue weighted by Crippen LogP contribution is -2.24. The average Bonchev–Trinajstić information content (AvgIpc) is 2.43. The molecule has 20 heavy (non-hydrogen) atoms. The summed E-state index contributed by atoms with van der Waals surface area (Å²) in [7, 11) is 0. The maximum atomic E-state index is 11.7. The highest BCUT2D eigenvalue weighted by Gasteiger charge is 2.02. The molecule has 5 heteroatoms. The van der Waals surface area contributed by atoms with Gasteiger partial charge in [0.25, 0.3) is 0 Å². The van der Waals surface area contributed by atoms with Gasteiger partial charge in [-0.15, -0.1) is 0 Å². The van der Waals surface area contributed by atoms with Crippen LogP contribution in [0.3, 0.4) is 0 Å². The molecule has 1 aromatic carbocycles. The van der Waals surface area contributed by atoms with Crippen LogP contribution >= 0.6 is 15.9 Å². The first kappa shape index (κ1) is 14.3. The molecule has 102 valence electrons. The standard InChI is InChI=1S/C15H14BrN3O/c1-11-5-4-9-17-14(11)19-15(20)18-10-8-12-6-2-3-7-13(12)16/h2-10H,1H3,(H2,17,18,19,20)/b10-8+. The number of urea groups is 1. The fourth-order valence-electron chi connectivity index (χ4n) is 1.58. The molecule has 0 atom stereocenters. The van der Waals surface area contributed by atoms with Crippen LogP contribution in [0.15, 0.2) is 53.3 Å². The Balaban J connectivity index is 1.93. The maximum absolute atomic E-state index is 11.7. The summed E-state index contributed by atoms with van der Waals surface area (Å²) in [5.41, 5.74) is 1.90. The van der Waals surface area contributed by atoms with E-state index in [0.29, 0.717) is 5.82 Å². The van der Waals surface area contributed by atoms with Crippen molar-refractivity contribution in [2.24, 2.45) is 0 Å². The van der Waals surface area contributed by atoms with Gasteiger partial charge in [0, 0.05) is 16.9 Å². The highest BCUT2D eigenvalue weighted by molar-refractivity contribution is 9.10. The summed E-state index contributed by atoms with van der Waals surface area (Å²) < 4.78 is 0.971. The van der Waals surface area contributed by atoms with Crippen LogP contribution in [0.25, 0.3) is 6.08 Å². The number of hydrogen-bond donors (Lipinski definition) is 2. The van der Waals surface area contributed by atoms with Crippen LogP contribution in [0, 0.1) is 6.92 Å². The van der Waals surface area contributed by atoms with Crippen LogP contribution in [0.4, 0.5) is 10.6 Å². The van der Waals surface area contributed by atoms with Gasteiger partial charge in [0.1, 0.15) is 5.82 Å². The van der Waals surface area contributed by atoms with E-state index in [1.807, 2.05) is 49.4 Å². The number of nitrogens with one attached hydrogen (secondary N) is 2. The number of carbonyl (C=O) groups excluding carboxylic acids is 1. The topological polar surface area (TPSA) is 54.0 Å². The Kier molecular flexibility index (Phi) is 4.90. The zero-order valence-corrected chi connectivity index (χ0v) is 12.5. The molecular formula is C15H14BrN3O. The normalized spacial score (nSPS) is 10.5. The lowest BCUT2D eigenvalue weighted by molar-refractivity contribution is 0.255. The molecule has 0 unspecified atom stereocenters. The minimum absolute atomic E-state index is 0.324. The Labute approximate surface area is 126 Å². The minimum Gasteiger partial charge on any atom is -0.314 e. The first-order valence-corrected chi connectivity index (χ1v) is 6.86. The molecule has 0 aliphatic carbocycles. The first-order chi connectivity index (χ1) is 9.66. The van der Waals surface area contributed by atoms with E-state index < -0.39 is 0 Å². The number of pyridine rings is 1. The minimum atomic E-state index is -0.324. The largest absolute Gasteiger partial charge is 0.324 e. The summed E-state index contributed by atoms with van der Waals surface area (Å²) in [6, 6.07) is 11.1. The van der Waals surface area contributed by atoms with Crippen LogP contribution in [0.2, 0.25) is 0 Å². The van der Waals surface area contributed by atoms with Crippen LogP contribution in [-0.2, 0) is 0 Å². The molecule has 2 aromatic rings. The molecule has 2 N–H and O–H groups in total. The van der Waals surface area contributed by atoms with Gasteiger partial charge < -0.3 is 5.32 Å². The lowest BCUT2D eigenvalue weighted by atomic mass is 10.2. The number of benzene rings is 1. The fraction of sp³-hybridized carbons (Fsp3) is 0.0667. The van der Waals surface area contributed by atoms with E-state index >= 15 is 0 Å². The summed E-state index contributed by atoms with van der Waals surface area (Å²) in [6.45, 7) is 1.89. The van der Waals surface area contributed by atoms with Gasteiger partial charge in [0.2, 0.25) is 0 Å². The zero-order valence-electron chi connectivity index (χ0n) is 10.9. The average molecular weight is 332 g/mol. The predicted molar refractivity (Wildman–Crippen MR) is 84.3 cm³/mol. The van der Waals surface area contributed by atoms with Crippen LogP contribution < -0.4 is 10.6 Å². The Morgan fingerprint density at radius 2 is 2.05 bits per heavy atom. The van der Waals surface area contributed by atoms with Crippen LogP contribution in [0.1, 0.15) is 11.1 Å². The number of carbonyl (C=O) groups is 1. The smallest absolute Gasteiger partial charge is 0.314 e. The van der Waals surface area contributed by atoms with Gasteiger partial charge in [0.05, 0.1) is 0 Å². The third kappa shape index (κ3) is 3.93. The van der Waals surface area contributed by atoms with Gasteiger partial charge in [-0.2, -0.15) is 0 Å². The summed E-state index contributed by atoms with van der Waals surface area (Å²) in [5.74, 6) is 0.555. The molecule has 2 amide bonds. The molecule has 0 saturated carbocycles. The highest BCUT2D eigenvalue weighted by atomic mass is 79.9. The molecule has 0 aliphatic heterocycles. The van der Waals surface area contributed by atoms with Gasteiger partial charge >= 0.3 is 6.03 Å². The number of aromatic nitrogens is 1. The monoisotopic (exact) mass is 331 g/mol. The van der Waals surface area contributed by atoms with Crippen LogP contribution in [-0.4, -0.2) is 11.0 Å². The third-order valence-corrected chi connectivity index (χ3v) is 3.35. The Bertz CT molecular complexity index is 641. The molecule has 0 fully saturated rings. The molecule has 4 nitrogen and oxygen atoms in total. The SMILES string of the molecule is Cc1cccnc1NC(=O)N/C=C/c1ccccc1Br. The van der Waals surface area contributed by atoms with E-state index in [4.69, 9.17) is 0 Å². The van der Waals surface area contributed by atoms with Gasteiger partial charge in [-0.05, 0) is 36.3 Å². The molecule has 0 saturated heterocycles. The second-order valence-corrected chi connectivity index (χ2v) is 4.98. The van der Waals surface area contributed by atoms with Gasteiger partial charge in [-0.3, -0.25) is 5.32 Å². The number of hydrogen-bond acceptors (Lipinski definition) is 2. The van der Waals surface area contributed by atoms with E-state index in [1.54, 1.807) is 12.4 Å². The van der Waals surface area contributed by atoms with Gasteiger partial charge in [0.15, 0.2) is 0 Å². The first-order valence-electron chi connectivity index (χ1n) is 6.07. The van der Waals surface area contributed by atoms with E-state index in [2.05, 4.69) is 31.5 Å². The van der Waals surface area contributed by atoms with E-state index in [0.717, 1.165) is 15.6 Å². The van der Waals surface area contributed by atoms with Crippen molar-refractivity contribution in [3.05, 3.63) is 64.4 Å². The third-order valence-electron chi connectivity index (χ3n) is 2.62. The number of rotatable bonds is 3. The second-order valence-electron chi connectivity index (χ2n) is 4.12. The van der Waals surface area contributed by atoms with Crippen molar-refractivity contribution in [3.63, 3.8) is 0 Å². The molecule has 1 heterocycles. The second kappa shape index (κ2) is 6.86. The summed E-state index contributed by atoms with van der Waals surface area (Å²) in [5, 5.41) is 5.33. The van der Waals surface area contributed by atoms with Crippen molar-refractivity contribution >= 4 is 33.9 Å². The number of amides is 2. The number of halogens is 1. The van der Waals surface area contributed by atoms with Gasteiger partial charge in [-0.25, -0.2) is 9.78 Å². The number of nitrogens with zero attached hydrogens (tertiary/aromatic N) is 1. The summed E-state index contributed by atoms with van der Waals surface area (Å²) in [4.78, 5) is 15.8. The van der Waals surface area contributed by atoms with Crippen LogP contribution in [0.5, 0.6) is 0 Å². The molecule has 0 bridgehead atoms. The Hall–Kier alpha value is -2.14. The van der Waals surface area contributed by atoms with Crippen molar-refractivity contribution in [2.45, 2.75) is 6.92 Å². The number of aryl methyl sites for hydroxylation is 1. The summed E-state index contributed by atoms with van der Waals surface area (Å²) >= 11 is 3.44. The molecule has 0 spiro atoms. The Morgan fingerprint density at radius 3 is 2.80 bits per heavy atom. The lowest BCUT2D eigenvalue weighted by Gasteiger charge is -2.06. The van der Waals surface area contributed by atoms with Gasteiger partial charge in [-0.1, -0.05) is 40.2 Å². The van der Waals surface area contributed by atoms with Crippen molar-refractivity contribution in [1.29, 1.82) is 0 Å². The Morgan fingerprint density at radius 1 is 1.25 bits per heavy atom. The predicted octanol–water partition coefficient (Wildman–Crippen LogP) is 3.94. The zero-order chi connectivity index (χ0) is 14.4. The van der Waals surface area contributed by atoms with Crippen molar-refractivity contribution in [1.82, 2.24) is 10.3 Å².